The lowest BCUT2D eigenvalue weighted by Crippen LogP contribution is -2.21. The largest absolute Gasteiger partial charge is 0.481 e. The van der Waals surface area contributed by atoms with Gasteiger partial charge in [0.25, 0.3) is 0 Å². The van der Waals surface area contributed by atoms with Gasteiger partial charge in [0.05, 0.1) is 12.2 Å². The molecule has 4 heteroatoms. The van der Waals surface area contributed by atoms with Crippen molar-refractivity contribution in [1.82, 2.24) is 0 Å². The fraction of sp³-hybridized carbons (Fsp3) is 0.812. The second-order valence-electron chi connectivity index (χ2n) is 5.82. The first kappa shape index (κ1) is 17.2. The van der Waals surface area contributed by atoms with Crippen molar-refractivity contribution in [3.8, 4) is 0 Å². The molecule has 0 radical (unpaired) electrons. The summed E-state index contributed by atoms with van der Waals surface area (Å²) in [5, 5.41) is 28.7. The molecule has 1 saturated carbocycles. The summed E-state index contributed by atoms with van der Waals surface area (Å²) in [6.07, 6.45) is 9.60. The fourth-order valence-electron chi connectivity index (χ4n) is 3.01. The summed E-state index contributed by atoms with van der Waals surface area (Å²) >= 11 is 0. The number of allylic oxidation sites excluding steroid dienone is 1. The molecule has 4 atom stereocenters. The molecule has 4 nitrogen and oxygen atoms in total. The van der Waals surface area contributed by atoms with E-state index >= 15 is 0 Å². The molecule has 0 aromatic heterocycles. The van der Waals surface area contributed by atoms with Gasteiger partial charge in [-0.2, -0.15) is 0 Å². The molecule has 116 valence electrons. The summed E-state index contributed by atoms with van der Waals surface area (Å²) < 4.78 is 0. The molecular formula is C16H28O4. The highest BCUT2D eigenvalue weighted by atomic mass is 16.4. The molecule has 0 aliphatic heterocycles. The zero-order valence-corrected chi connectivity index (χ0v) is 12.4. The van der Waals surface area contributed by atoms with E-state index in [4.69, 9.17) is 5.11 Å². The van der Waals surface area contributed by atoms with E-state index in [1.54, 1.807) is 0 Å². The Kier molecular flexibility index (Phi) is 7.85. The van der Waals surface area contributed by atoms with Crippen molar-refractivity contribution in [3.05, 3.63) is 12.2 Å². The minimum Gasteiger partial charge on any atom is -0.481 e. The molecular weight excluding hydrogens is 256 g/mol. The Hall–Kier alpha value is -0.870. The first-order chi connectivity index (χ1) is 9.56. The Labute approximate surface area is 121 Å². The summed E-state index contributed by atoms with van der Waals surface area (Å²) in [5.74, 6) is -1.08. The molecule has 0 aromatic rings. The molecule has 0 aromatic carbocycles. The van der Waals surface area contributed by atoms with E-state index in [1.165, 1.54) is 19.3 Å². The zero-order chi connectivity index (χ0) is 15.0. The van der Waals surface area contributed by atoms with Gasteiger partial charge in [0.15, 0.2) is 0 Å². The van der Waals surface area contributed by atoms with E-state index in [0.29, 0.717) is 12.8 Å². The second-order valence-corrected chi connectivity index (χ2v) is 5.82. The lowest BCUT2D eigenvalue weighted by Gasteiger charge is -2.19. The lowest BCUT2D eigenvalue weighted by atomic mass is 9.89. The van der Waals surface area contributed by atoms with E-state index in [1.807, 2.05) is 6.08 Å². The predicted octanol–water partition coefficient (Wildman–Crippen LogP) is 2.74. The van der Waals surface area contributed by atoms with Crippen LogP contribution in [0.25, 0.3) is 0 Å². The van der Waals surface area contributed by atoms with Crippen LogP contribution in [-0.2, 0) is 4.79 Å². The number of unbranched alkanes of at least 4 members (excludes halogenated alkanes) is 4. The fourth-order valence-corrected chi connectivity index (χ4v) is 3.01. The van der Waals surface area contributed by atoms with E-state index < -0.39 is 18.2 Å². The summed E-state index contributed by atoms with van der Waals surface area (Å²) in [7, 11) is 0. The van der Waals surface area contributed by atoms with Crippen molar-refractivity contribution in [2.75, 3.05) is 0 Å². The van der Waals surface area contributed by atoms with E-state index in [9.17, 15) is 15.0 Å². The van der Waals surface area contributed by atoms with Crippen molar-refractivity contribution in [2.45, 2.75) is 70.5 Å². The van der Waals surface area contributed by atoms with Gasteiger partial charge in [0.2, 0.25) is 0 Å². The summed E-state index contributed by atoms with van der Waals surface area (Å²) in [4.78, 5) is 10.6. The maximum Gasteiger partial charge on any atom is 0.303 e. The third-order valence-electron chi connectivity index (χ3n) is 4.19. The van der Waals surface area contributed by atoms with Crippen molar-refractivity contribution >= 4 is 5.97 Å². The highest BCUT2D eigenvalue weighted by Crippen LogP contribution is 2.36. The zero-order valence-electron chi connectivity index (χ0n) is 12.4. The molecule has 0 unspecified atom stereocenters. The van der Waals surface area contributed by atoms with Crippen molar-refractivity contribution in [1.29, 1.82) is 0 Å². The maximum atomic E-state index is 10.6. The van der Waals surface area contributed by atoms with Crippen LogP contribution in [-0.4, -0.2) is 33.5 Å². The molecule has 0 saturated heterocycles. The number of carbonyl (C=O) groups is 1. The predicted molar refractivity (Wildman–Crippen MR) is 78.4 cm³/mol. The number of rotatable bonds is 9. The van der Waals surface area contributed by atoms with Crippen LogP contribution in [0.3, 0.4) is 0 Å². The van der Waals surface area contributed by atoms with Crippen LogP contribution in [0.2, 0.25) is 0 Å². The summed E-state index contributed by atoms with van der Waals surface area (Å²) in [5.41, 5.74) is 0. The van der Waals surface area contributed by atoms with Crippen LogP contribution in [0.5, 0.6) is 0 Å². The van der Waals surface area contributed by atoms with Gasteiger partial charge in [0, 0.05) is 18.8 Å². The topological polar surface area (TPSA) is 77.8 Å². The molecule has 1 aliphatic carbocycles. The molecule has 3 N–H and O–H groups in total. The van der Waals surface area contributed by atoms with Gasteiger partial charge in [0.1, 0.15) is 0 Å². The third kappa shape index (κ3) is 5.63. The second kappa shape index (κ2) is 9.14. The van der Waals surface area contributed by atoms with Crippen LogP contribution in [0.1, 0.15) is 58.3 Å². The van der Waals surface area contributed by atoms with Crippen molar-refractivity contribution < 1.29 is 20.1 Å². The minimum atomic E-state index is -0.846. The number of aliphatic hydroxyl groups is 2. The lowest BCUT2D eigenvalue weighted by molar-refractivity contribution is -0.137. The van der Waals surface area contributed by atoms with Crippen LogP contribution >= 0.6 is 0 Å². The van der Waals surface area contributed by atoms with Gasteiger partial charge in [-0.15, -0.1) is 0 Å². The molecule has 1 aliphatic rings. The standard InChI is InChI=1S/C16H28O4/c1-2-3-4-5-6-7-8-12-13(9-10-16(19)20)15(18)11-14(12)17/h7-8,12-15,17-18H,2-6,9-11H2,1H3,(H,19,20)/b8-7+/t12-,13-,14-,15+/m1/s1. The molecule has 1 fully saturated rings. The first-order valence-corrected chi connectivity index (χ1v) is 7.80. The molecule has 0 heterocycles. The number of aliphatic carboxylic acids is 1. The van der Waals surface area contributed by atoms with Gasteiger partial charge in [-0.05, 0) is 25.2 Å². The van der Waals surface area contributed by atoms with Gasteiger partial charge in [-0.25, -0.2) is 0 Å². The van der Waals surface area contributed by atoms with Crippen molar-refractivity contribution in [3.63, 3.8) is 0 Å². The molecule has 20 heavy (non-hydrogen) atoms. The van der Waals surface area contributed by atoms with Crippen LogP contribution < -0.4 is 0 Å². The molecule has 0 spiro atoms. The first-order valence-electron chi connectivity index (χ1n) is 7.80. The van der Waals surface area contributed by atoms with Gasteiger partial charge >= 0.3 is 5.97 Å². The van der Waals surface area contributed by atoms with E-state index in [-0.39, 0.29) is 18.3 Å². The molecule has 1 rings (SSSR count). The van der Waals surface area contributed by atoms with Crippen LogP contribution in [0.15, 0.2) is 12.2 Å². The maximum absolute atomic E-state index is 10.6. The Bertz CT molecular complexity index is 314. The summed E-state index contributed by atoms with van der Waals surface area (Å²) in [6.45, 7) is 2.18. The average Bonchev–Trinajstić information content (AvgIpc) is 2.65. The third-order valence-corrected chi connectivity index (χ3v) is 4.19. The monoisotopic (exact) mass is 284 g/mol. The number of carboxylic acid groups (broad SMARTS) is 1. The van der Waals surface area contributed by atoms with E-state index in [0.717, 1.165) is 12.8 Å². The smallest absolute Gasteiger partial charge is 0.303 e. The normalized spacial score (nSPS) is 30.1. The molecule has 0 amide bonds. The SMILES string of the molecule is CCCCCC/C=C/[C@@H]1[C@@H](CCC(=O)O)[C@@H](O)C[C@H]1O. The van der Waals surface area contributed by atoms with Crippen LogP contribution in [0.4, 0.5) is 0 Å². The highest BCUT2D eigenvalue weighted by Gasteiger charge is 2.39. The highest BCUT2D eigenvalue weighted by molar-refractivity contribution is 5.66. The number of hydrogen-bond donors (Lipinski definition) is 3. The quantitative estimate of drug-likeness (QED) is 0.449. The van der Waals surface area contributed by atoms with Crippen LogP contribution in [0, 0.1) is 11.8 Å². The average molecular weight is 284 g/mol. The Balaban J connectivity index is 2.42. The van der Waals surface area contributed by atoms with Crippen molar-refractivity contribution in [2.24, 2.45) is 11.8 Å². The Morgan fingerprint density at radius 2 is 1.95 bits per heavy atom. The number of aliphatic hydroxyl groups excluding tert-OH is 2. The van der Waals surface area contributed by atoms with Gasteiger partial charge < -0.3 is 15.3 Å². The number of hydrogen-bond acceptors (Lipinski definition) is 3. The van der Waals surface area contributed by atoms with E-state index in [2.05, 4.69) is 13.0 Å². The Morgan fingerprint density at radius 3 is 2.60 bits per heavy atom. The summed E-state index contributed by atoms with van der Waals surface area (Å²) in [6, 6.07) is 0. The Morgan fingerprint density at radius 1 is 1.20 bits per heavy atom. The minimum absolute atomic E-state index is 0.0509. The van der Waals surface area contributed by atoms with Gasteiger partial charge in [-0.1, -0.05) is 38.3 Å². The molecule has 0 bridgehead atoms. The number of carboxylic acids is 1. The van der Waals surface area contributed by atoms with Gasteiger partial charge in [-0.3, -0.25) is 4.79 Å².